The Morgan fingerprint density at radius 2 is 2.10 bits per heavy atom. The van der Waals surface area contributed by atoms with Gasteiger partial charge in [-0.05, 0) is 30.9 Å². The molecule has 4 heterocycles. The molecule has 0 bridgehead atoms. The fraction of sp³-hybridized carbons (Fsp3) is 0.444. The van der Waals surface area contributed by atoms with Crippen LogP contribution in [0, 0.1) is 5.92 Å². The predicted octanol–water partition coefficient (Wildman–Crippen LogP) is 1.89. The summed E-state index contributed by atoms with van der Waals surface area (Å²) >= 11 is 0. The van der Waals surface area contributed by atoms with E-state index in [0.29, 0.717) is 29.5 Å². The van der Waals surface area contributed by atoms with E-state index in [1.54, 1.807) is 12.3 Å². The molecule has 0 radical (unpaired) electrons. The molecule has 160 valence electrons. The van der Waals surface area contributed by atoms with E-state index in [-0.39, 0.29) is 5.69 Å². The van der Waals surface area contributed by atoms with Crippen molar-refractivity contribution in [1.29, 1.82) is 0 Å². The minimum absolute atomic E-state index is 0.332. The third-order valence-corrected chi connectivity index (χ3v) is 5.78. The summed E-state index contributed by atoms with van der Waals surface area (Å²) in [5.41, 5.74) is 1.16. The largest absolute Gasteiger partial charge is 0.356 e. The summed E-state index contributed by atoms with van der Waals surface area (Å²) in [4.78, 5) is 14.9. The highest BCUT2D eigenvalue weighted by molar-refractivity contribution is 7.88. The van der Waals surface area contributed by atoms with Gasteiger partial charge in [-0.1, -0.05) is 0 Å². The molecule has 0 saturated carbocycles. The van der Waals surface area contributed by atoms with Crippen LogP contribution in [-0.4, -0.2) is 58.9 Å². The average Bonchev–Trinajstić information content (AvgIpc) is 3.33. The van der Waals surface area contributed by atoms with Gasteiger partial charge in [0.15, 0.2) is 5.65 Å². The number of fused-ring (bicyclic) bond motifs is 1. The van der Waals surface area contributed by atoms with Gasteiger partial charge in [-0.2, -0.15) is 5.10 Å². The second kappa shape index (κ2) is 8.19. The zero-order valence-corrected chi connectivity index (χ0v) is 17.1. The van der Waals surface area contributed by atoms with E-state index in [9.17, 15) is 17.2 Å². The molecule has 1 saturated heterocycles. The summed E-state index contributed by atoms with van der Waals surface area (Å²) in [6.07, 6.45) is 3.13. The Morgan fingerprint density at radius 3 is 2.87 bits per heavy atom. The number of anilines is 1. The molecule has 1 aliphatic rings. The average molecular weight is 437 g/mol. The Labute approximate surface area is 172 Å². The molecular weight excluding hydrogens is 416 g/mol. The van der Waals surface area contributed by atoms with Gasteiger partial charge in [0.05, 0.1) is 18.1 Å². The normalized spacial score (nSPS) is 17.3. The highest BCUT2D eigenvalue weighted by Crippen LogP contribution is 2.27. The minimum atomic E-state index is -3.18. The zero-order valence-electron chi connectivity index (χ0n) is 16.2. The van der Waals surface area contributed by atoms with E-state index in [0.717, 1.165) is 38.0 Å². The number of nitrogens with one attached hydrogen (secondary N) is 1. The number of hydrogen-bond acceptors (Lipinski definition) is 7. The molecule has 3 aromatic heterocycles. The Kier molecular flexibility index (Phi) is 5.60. The summed E-state index contributed by atoms with van der Waals surface area (Å²) in [6, 6.07) is 4.54. The Bertz CT molecular complexity index is 1150. The molecule has 12 heteroatoms. The Balaban J connectivity index is 1.51. The van der Waals surface area contributed by atoms with Crippen LogP contribution >= 0.6 is 0 Å². The van der Waals surface area contributed by atoms with Crippen LogP contribution in [-0.2, 0) is 10.0 Å². The van der Waals surface area contributed by atoms with Crippen molar-refractivity contribution in [3.63, 3.8) is 0 Å². The van der Waals surface area contributed by atoms with Gasteiger partial charge >= 0.3 is 0 Å². The van der Waals surface area contributed by atoms with Crippen LogP contribution < -0.4 is 9.62 Å². The van der Waals surface area contributed by atoms with Gasteiger partial charge in [-0.15, -0.1) is 0 Å². The molecule has 0 aliphatic carbocycles. The van der Waals surface area contributed by atoms with Crippen LogP contribution in [0.4, 0.5) is 14.6 Å². The molecule has 3 aromatic rings. The Morgan fingerprint density at radius 1 is 1.27 bits per heavy atom. The van der Waals surface area contributed by atoms with Gasteiger partial charge in [-0.3, -0.25) is 0 Å². The van der Waals surface area contributed by atoms with E-state index >= 15 is 0 Å². The molecule has 1 aliphatic heterocycles. The summed E-state index contributed by atoms with van der Waals surface area (Å²) in [5.74, 6) is 1.07. The quantitative estimate of drug-likeness (QED) is 0.602. The van der Waals surface area contributed by atoms with Crippen molar-refractivity contribution in [2.24, 2.45) is 5.92 Å². The number of hydrogen-bond donors (Lipinski definition) is 1. The van der Waals surface area contributed by atoms with Gasteiger partial charge in [0.1, 0.15) is 23.5 Å². The van der Waals surface area contributed by atoms with Crippen molar-refractivity contribution in [3.8, 4) is 11.4 Å². The first kappa shape index (κ1) is 20.5. The number of halogens is 2. The fourth-order valence-corrected chi connectivity index (χ4v) is 4.05. The monoisotopic (exact) mass is 437 g/mol. The highest BCUT2D eigenvalue weighted by Gasteiger charge is 2.24. The summed E-state index contributed by atoms with van der Waals surface area (Å²) in [6.45, 7) is 1.95. The molecule has 4 rings (SSSR count). The van der Waals surface area contributed by atoms with E-state index < -0.39 is 16.4 Å². The third-order valence-electron chi connectivity index (χ3n) is 5.05. The molecule has 1 N–H and O–H groups in total. The predicted molar refractivity (Wildman–Crippen MR) is 107 cm³/mol. The van der Waals surface area contributed by atoms with E-state index in [1.165, 1.54) is 23.0 Å². The lowest BCUT2D eigenvalue weighted by Crippen LogP contribution is -2.26. The summed E-state index contributed by atoms with van der Waals surface area (Å²) in [7, 11) is -3.18. The number of imidazole rings is 1. The lowest BCUT2D eigenvalue weighted by atomic mass is 10.1. The van der Waals surface area contributed by atoms with Crippen molar-refractivity contribution < 1.29 is 17.2 Å². The van der Waals surface area contributed by atoms with Crippen LogP contribution in [0.1, 0.15) is 25.0 Å². The van der Waals surface area contributed by atoms with Crippen molar-refractivity contribution in [2.45, 2.75) is 19.3 Å². The molecule has 0 aromatic carbocycles. The maximum Gasteiger partial charge on any atom is 0.282 e. The van der Waals surface area contributed by atoms with Gasteiger partial charge in [0.2, 0.25) is 10.0 Å². The van der Waals surface area contributed by atoms with E-state index in [2.05, 4.69) is 29.7 Å². The topological polar surface area (TPSA) is 105 Å². The van der Waals surface area contributed by atoms with Crippen molar-refractivity contribution in [2.75, 3.05) is 30.8 Å². The van der Waals surface area contributed by atoms with Crippen molar-refractivity contribution in [3.05, 3.63) is 36.4 Å². The summed E-state index contributed by atoms with van der Waals surface area (Å²) < 4.78 is 52.3. The number of rotatable bonds is 7. The maximum absolute atomic E-state index is 13.0. The first-order valence-electron chi connectivity index (χ1n) is 9.45. The molecule has 9 nitrogen and oxygen atoms in total. The van der Waals surface area contributed by atoms with Crippen molar-refractivity contribution in [1.82, 2.24) is 29.3 Å². The first-order chi connectivity index (χ1) is 14.3. The molecule has 0 amide bonds. The van der Waals surface area contributed by atoms with Gasteiger partial charge in [0, 0.05) is 25.7 Å². The SMILES string of the molecule is CS(=O)(=O)NCCC1CCN(c2cc(-c3cnc4ccc(C(F)F)nn34)ncn2)C1. The second-order valence-corrected chi connectivity index (χ2v) is 9.12. The lowest BCUT2D eigenvalue weighted by molar-refractivity contribution is 0.144. The fourth-order valence-electron chi connectivity index (χ4n) is 3.56. The van der Waals surface area contributed by atoms with Gasteiger partial charge in [0.25, 0.3) is 6.43 Å². The number of alkyl halides is 2. The van der Waals surface area contributed by atoms with Crippen molar-refractivity contribution >= 4 is 21.5 Å². The second-order valence-electron chi connectivity index (χ2n) is 7.29. The van der Waals surface area contributed by atoms with E-state index in [4.69, 9.17) is 0 Å². The third kappa shape index (κ3) is 4.54. The van der Waals surface area contributed by atoms with Crippen LogP contribution in [0.15, 0.2) is 30.7 Å². The first-order valence-corrected chi connectivity index (χ1v) is 11.3. The number of aromatic nitrogens is 5. The Hall–Kier alpha value is -2.73. The molecule has 1 atom stereocenters. The lowest BCUT2D eigenvalue weighted by Gasteiger charge is -2.18. The number of sulfonamides is 1. The molecule has 1 unspecified atom stereocenters. The van der Waals surface area contributed by atoms with E-state index in [1.807, 2.05) is 0 Å². The van der Waals surface area contributed by atoms with Crippen LogP contribution in [0.25, 0.3) is 17.0 Å². The summed E-state index contributed by atoms with van der Waals surface area (Å²) in [5, 5.41) is 3.98. The van der Waals surface area contributed by atoms with Crippen LogP contribution in [0.5, 0.6) is 0 Å². The maximum atomic E-state index is 13.0. The zero-order chi connectivity index (χ0) is 21.3. The molecule has 1 fully saturated rings. The standard InChI is InChI=1S/C18H21F2N7O2S/c1-30(28,29)24-6-4-12-5-7-26(10-12)17-8-14(22-11-23-17)15-9-21-16-3-2-13(18(19)20)25-27(15)16/h2-3,8-9,11-12,18,24H,4-7,10H2,1H3. The van der Waals surface area contributed by atoms with Gasteiger partial charge < -0.3 is 4.90 Å². The highest BCUT2D eigenvalue weighted by atomic mass is 32.2. The smallest absolute Gasteiger partial charge is 0.282 e. The minimum Gasteiger partial charge on any atom is -0.356 e. The molecular formula is C18H21F2N7O2S. The van der Waals surface area contributed by atoms with Gasteiger partial charge in [-0.25, -0.2) is 41.4 Å². The molecule has 30 heavy (non-hydrogen) atoms. The van der Waals surface area contributed by atoms with Crippen LogP contribution in [0.3, 0.4) is 0 Å². The molecule has 0 spiro atoms. The number of nitrogens with zero attached hydrogens (tertiary/aromatic N) is 6. The van der Waals surface area contributed by atoms with Crippen LogP contribution in [0.2, 0.25) is 0 Å².